The Morgan fingerprint density at radius 3 is 2.65 bits per heavy atom. The molecule has 0 aliphatic carbocycles. The predicted molar refractivity (Wildman–Crippen MR) is 64.7 cm³/mol. The Balaban J connectivity index is 3.04. The number of ether oxygens (including phenoxy) is 1. The first-order chi connectivity index (χ1) is 8.02. The van der Waals surface area contributed by atoms with Crippen LogP contribution in [0.25, 0.3) is 6.08 Å². The number of carbonyl (C=O) groups excluding carboxylic acids is 2. The number of hydrogen-bond acceptors (Lipinski definition) is 4. The van der Waals surface area contributed by atoms with Crippen LogP contribution in [-0.2, 0) is 14.3 Å². The topological polar surface area (TPSA) is 81.4 Å². The van der Waals surface area contributed by atoms with Crippen LogP contribution in [0.15, 0.2) is 30.0 Å². The van der Waals surface area contributed by atoms with E-state index in [2.05, 4.69) is 10.1 Å². The molecule has 0 atom stereocenters. The predicted octanol–water partition coefficient (Wildman–Crippen LogP) is 0.919. The van der Waals surface area contributed by atoms with Gasteiger partial charge in [-0.25, -0.2) is 4.79 Å². The molecule has 0 spiro atoms. The van der Waals surface area contributed by atoms with Gasteiger partial charge in [-0.05, 0) is 23.8 Å². The summed E-state index contributed by atoms with van der Waals surface area (Å²) in [5, 5.41) is 2.41. The lowest BCUT2D eigenvalue weighted by atomic mass is 10.1. The number of methoxy groups -OCH3 is 1. The Labute approximate surface area is 99.3 Å². The second-order valence-electron chi connectivity index (χ2n) is 3.40. The number of nitrogens with two attached hydrogens (primary N) is 1. The van der Waals surface area contributed by atoms with Crippen molar-refractivity contribution in [3.8, 4) is 0 Å². The summed E-state index contributed by atoms with van der Waals surface area (Å²) in [6, 6.07) is 6.93. The zero-order valence-electron chi connectivity index (χ0n) is 9.69. The molecular formula is C12H14N2O3. The van der Waals surface area contributed by atoms with Gasteiger partial charge < -0.3 is 15.8 Å². The lowest BCUT2D eigenvalue weighted by Crippen LogP contribution is -2.25. The van der Waals surface area contributed by atoms with E-state index < -0.39 is 5.97 Å². The second kappa shape index (κ2) is 5.69. The normalized spacial score (nSPS) is 10.8. The summed E-state index contributed by atoms with van der Waals surface area (Å²) in [6.07, 6.45) is 1.50. The van der Waals surface area contributed by atoms with Crippen molar-refractivity contribution < 1.29 is 14.3 Å². The van der Waals surface area contributed by atoms with Gasteiger partial charge in [0.25, 0.3) is 0 Å². The van der Waals surface area contributed by atoms with Crippen LogP contribution in [0.1, 0.15) is 12.5 Å². The minimum absolute atomic E-state index is 0.0746. The summed E-state index contributed by atoms with van der Waals surface area (Å²) in [5.41, 5.74) is 6.97. The van der Waals surface area contributed by atoms with Gasteiger partial charge in [-0.15, -0.1) is 0 Å². The van der Waals surface area contributed by atoms with E-state index in [4.69, 9.17) is 5.73 Å². The molecule has 5 heteroatoms. The van der Waals surface area contributed by atoms with Crippen LogP contribution in [0.2, 0.25) is 0 Å². The van der Waals surface area contributed by atoms with Crippen molar-refractivity contribution in [1.82, 2.24) is 5.32 Å². The van der Waals surface area contributed by atoms with Crippen LogP contribution in [0, 0.1) is 0 Å². The van der Waals surface area contributed by atoms with E-state index >= 15 is 0 Å². The number of nitrogen functional groups attached to an aromatic ring is 1. The highest BCUT2D eigenvalue weighted by Crippen LogP contribution is 2.10. The number of esters is 1. The molecule has 5 nitrogen and oxygen atoms in total. The largest absolute Gasteiger partial charge is 0.464 e. The summed E-state index contributed by atoms with van der Waals surface area (Å²) in [6.45, 7) is 1.32. The van der Waals surface area contributed by atoms with Gasteiger partial charge in [-0.1, -0.05) is 12.1 Å². The highest BCUT2D eigenvalue weighted by molar-refractivity contribution is 5.97. The first-order valence-electron chi connectivity index (χ1n) is 4.96. The second-order valence-corrected chi connectivity index (χ2v) is 3.40. The molecule has 0 unspecified atom stereocenters. The lowest BCUT2D eigenvalue weighted by Gasteiger charge is -2.06. The monoisotopic (exact) mass is 234 g/mol. The third-order valence-corrected chi connectivity index (χ3v) is 1.94. The van der Waals surface area contributed by atoms with Crippen LogP contribution in [0.5, 0.6) is 0 Å². The Morgan fingerprint density at radius 2 is 2.12 bits per heavy atom. The Hall–Kier alpha value is -2.30. The van der Waals surface area contributed by atoms with Crippen molar-refractivity contribution >= 4 is 23.6 Å². The average Bonchev–Trinajstić information content (AvgIpc) is 2.26. The third kappa shape index (κ3) is 3.98. The fourth-order valence-corrected chi connectivity index (χ4v) is 1.26. The van der Waals surface area contributed by atoms with E-state index in [-0.39, 0.29) is 11.6 Å². The number of hydrogen-bond donors (Lipinski definition) is 2. The molecule has 0 bridgehead atoms. The number of nitrogens with one attached hydrogen (secondary N) is 1. The maximum atomic E-state index is 11.4. The smallest absolute Gasteiger partial charge is 0.354 e. The zero-order valence-corrected chi connectivity index (χ0v) is 9.69. The van der Waals surface area contributed by atoms with Crippen molar-refractivity contribution in [2.24, 2.45) is 0 Å². The first kappa shape index (κ1) is 12.8. The van der Waals surface area contributed by atoms with E-state index in [1.54, 1.807) is 24.3 Å². The highest BCUT2D eigenvalue weighted by atomic mass is 16.5. The number of rotatable bonds is 3. The van der Waals surface area contributed by atoms with Gasteiger partial charge in [0.05, 0.1) is 7.11 Å². The number of anilines is 1. The fourth-order valence-electron chi connectivity index (χ4n) is 1.26. The van der Waals surface area contributed by atoms with Crippen LogP contribution in [0.4, 0.5) is 5.69 Å². The van der Waals surface area contributed by atoms with Crippen molar-refractivity contribution in [2.45, 2.75) is 6.92 Å². The molecule has 1 aromatic rings. The Bertz CT molecular complexity index is 467. The molecule has 1 amide bonds. The quantitative estimate of drug-likeness (QED) is 0.463. The van der Waals surface area contributed by atoms with E-state index in [0.717, 1.165) is 0 Å². The molecule has 0 saturated heterocycles. The molecule has 1 aromatic carbocycles. The van der Waals surface area contributed by atoms with E-state index in [9.17, 15) is 9.59 Å². The Morgan fingerprint density at radius 1 is 1.41 bits per heavy atom. The number of benzene rings is 1. The van der Waals surface area contributed by atoms with Gasteiger partial charge in [0.15, 0.2) is 0 Å². The summed E-state index contributed by atoms with van der Waals surface area (Å²) in [7, 11) is 1.25. The van der Waals surface area contributed by atoms with Gasteiger partial charge in [0.1, 0.15) is 5.70 Å². The highest BCUT2D eigenvalue weighted by Gasteiger charge is 2.10. The molecule has 3 N–H and O–H groups in total. The van der Waals surface area contributed by atoms with Gasteiger partial charge in [-0.2, -0.15) is 0 Å². The first-order valence-corrected chi connectivity index (χ1v) is 4.96. The number of amides is 1. The molecule has 0 aromatic heterocycles. The van der Waals surface area contributed by atoms with Crippen LogP contribution >= 0.6 is 0 Å². The van der Waals surface area contributed by atoms with Crippen LogP contribution in [-0.4, -0.2) is 19.0 Å². The summed E-state index contributed by atoms with van der Waals surface area (Å²) >= 11 is 0. The fraction of sp³-hybridized carbons (Fsp3) is 0.167. The molecule has 0 fully saturated rings. The SMILES string of the molecule is COC(=O)/C(=C\c1cccc(N)c1)NC(C)=O. The third-order valence-electron chi connectivity index (χ3n) is 1.94. The molecule has 0 heterocycles. The lowest BCUT2D eigenvalue weighted by molar-refractivity contribution is -0.137. The van der Waals surface area contributed by atoms with E-state index in [1.165, 1.54) is 20.1 Å². The zero-order chi connectivity index (χ0) is 12.8. The van der Waals surface area contributed by atoms with Crippen molar-refractivity contribution in [1.29, 1.82) is 0 Å². The average molecular weight is 234 g/mol. The molecule has 0 aliphatic rings. The van der Waals surface area contributed by atoms with Gasteiger partial charge in [0, 0.05) is 12.6 Å². The summed E-state index contributed by atoms with van der Waals surface area (Å²) < 4.78 is 4.56. The van der Waals surface area contributed by atoms with E-state index in [1.807, 2.05) is 0 Å². The van der Waals surface area contributed by atoms with Crippen molar-refractivity contribution in [3.05, 3.63) is 35.5 Å². The molecule has 17 heavy (non-hydrogen) atoms. The van der Waals surface area contributed by atoms with Gasteiger partial charge in [0.2, 0.25) is 5.91 Å². The van der Waals surface area contributed by atoms with Crippen molar-refractivity contribution in [3.63, 3.8) is 0 Å². The summed E-state index contributed by atoms with van der Waals surface area (Å²) in [5.74, 6) is -0.951. The molecule has 1 rings (SSSR count). The number of carbonyl (C=O) groups is 2. The molecule has 0 radical (unpaired) electrons. The maximum Gasteiger partial charge on any atom is 0.354 e. The molecule has 0 saturated carbocycles. The molecular weight excluding hydrogens is 220 g/mol. The standard InChI is InChI=1S/C12H14N2O3/c1-8(15)14-11(12(16)17-2)7-9-4-3-5-10(13)6-9/h3-7H,13H2,1-2H3,(H,14,15)/b11-7+. The van der Waals surface area contributed by atoms with E-state index in [0.29, 0.717) is 11.3 Å². The van der Waals surface area contributed by atoms with Crippen molar-refractivity contribution in [2.75, 3.05) is 12.8 Å². The Kier molecular flexibility index (Phi) is 4.28. The minimum Gasteiger partial charge on any atom is -0.464 e. The molecule has 90 valence electrons. The van der Waals surface area contributed by atoms with Gasteiger partial charge >= 0.3 is 5.97 Å². The minimum atomic E-state index is -0.609. The van der Waals surface area contributed by atoms with Gasteiger partial charge in [-0.3, -0.25) is 4.79 Å². The van der Waals surface area contributed by atoms with Crippen LogP contribution in [0.3, 0.4) is 0 Å². The summed E-state index contributed by atoms with van der Waals surface area (Å²) in [4.78, 5) is 22.3. The maximum absolute atomic E-state index is 11.4. The van der Waals surface area contributed by atoms with Crippen LogP contribution < -0.4 is 11.1 Å². The molecule has 0 aliphatic heterocycles.